The lowest BCUT2D eigenvalue weighted by Gasteiger charge is -2.26. The summed E-state index contributed by atoms with van der Waals surface area (Å²) < 4.78 is 40.7. The van der Waals surface area contributed by atoms with E-state index in [9.17, 15) is 17.6 Å². The maximum absolute atomic E-state index is 13.8. The number of nitrogens with zero attached hydrogens (tertiary/aromatic N) is 4. The van der Waals surface area contributed by atoms with Gasteiger partial charge in [0.25, 0.3) is 10.0 Å². The molecule has 1 aromatic heterocycles. The first-order chi connectivity index (χ1) is 15.8. The van der Waals surface area contributed by atoms with E-state index in [0.717, 1.165) is 15.6 Å². The van der Waals surface area contributed by atoms with E-state index in [1.807, 2.05) is 4.90 Å². The van der Waals surface area contributed by atoms with Gasteiger partial charge >= 0.3 is 0 Å². The van der Waals surface area contributed by atoms with Gasteiger partial charge in [0.05, 0.1) is 9.92 Å². The fraction of sp³-hybridized carbons (Fsp3) is 0.273. The molecular formula is C22H20ClFN4O3S2. The van der Waals surface area contributed by atoms with Crippen molar-refractivity contribution in [3.8, 4) is 0 Å². The van der Waals surface area contributed by atoms with Crippen molar-refractivity contribution in [2.45, 2.75) is 23.8 Å². The van der Waals surface area contributed by atoms with E-state index < -0.39 is 15.8 Å². The SMILES string of the molecule is CN(c1nccs1)S(=O)(=O)c1ccc(N2CC[C@H](N3CCc4c3ccc(F)c4Cl)C2=O)cc1. The van der Waals surface area contributed by atoms with Crippen molar-refractivity contribution >= 4 is 55.4 Å². The molecule has 0 N–H and O–H groups in total. The van der Waals surface area contributed by atoms with Crippen LogP contribution in [0.25, 0.3) is 0 Å². The summed E-state index contributed by atoms with van der Waals surface area (Å²) in [4.78, 5) is 21.1. The van der Waals surface area contributed by atoms with Gasteiger partial charge in [-0.25, -0.2) is 22.1 Å². The Morgan fingerprint density at radius 2 is 1.94 bits per heavy atom. The molecule has 2 aromatic carbocycles. The highest BCUT2D eigenvalue weighted by atomic mass is 35.5. The Kier molecular flexibility index (Phi) is 5.54. The van der Waals surface area contributed by atoms with Gasteiger partial charge in [0.2, 0.25) is 5.91 Å². The molecule has 7 nitrogen and oxygen atoms in total. The van der Waals surface area contributed by atoms with E-state index in [1.54, 1.807) is 34.7 Å². The number of carbonyl (C=O) groups excluding carboxylic acids is 1. The maximum atomic E-state index is 13.8. The van der Waals surface area contributed by atoms with Crippen LogP contribution in [0.2, 0.25) is 5.02 Å². The topological polar surface area (TPSA) is 73.8 Å². The average molecular weight is 507 g/mol. The van der Waals surface area contributed by atoms with Crippen LogP contribution in [0.3, 0.4) is 0 Å². The molecule has 0 bridgehead atoms. The van der Waals surface area contributed by atoms with Crippen molar-refractivity contribution in [3.63, 3.8) is 0 Å². The van der Waals surface area contributed by atoms with Gasteiger partial charge in [0, 0.05) is 43.1 Å². The number of carbonyl (C=O) groups is 1. The monoisotopic (exact) mass is 506 g/mol. The van der Waals surface area contributed by atoms with Gasteiger partial charge in [-0.15, -0.1) is 11.3 Å². The standard InChI is InChI=1S/C22H20ClFN4O3S2/c1-26(22-25-10-13-32-22)33(30,31)15-4-2-14(3-5-15)27-12-9-19(21(27)29)28-11-8-16-18(28)7-6-17(24)20(16)23/h2-7,10,13,19H,8-9,11-12H2,1H3/t19-/m0/s1. The number of aromatic nitrogens is 1. The smallest absolute Gasteiger partial charge is 0.265 e. The zero-order chi connectivity index (χ0) is 23.3. The van der Waals surface area contributed by atoms with E-state index in [-0.39, 0.29) is 21.9 Å². The molecule has 1 amide bonds. The number of hydrogen-bond donors (Lipinski definition) is 0. The Balaban J connectivity index is 1.35. The molecule has 3 aromatic rings. The molecule has 172 valence electrons. The summed E-state index contributed by atoms with van der Waals surface area (Å²) in [7, 11) is -2.29. The van der Waals surface area contributed by atoms with Crippen LogP contribution in [-0.4, -0.2) is 45.5 Å². The second-order valence-corrected chi connectivity index (χ2v) is 11.1. The number of hydrogen-bond acceptors (Lipinski definition) is 6. The predicted octanol–water partition coefficient (Wildman–Crippen LogP) is 3.93. The highest BCUT2D eigenvalue weighted by Crippen LogP contribution is 2.38. The minimum atomic E-state index is -3.75. The predicted molar refractivity (Wildman–Crippen MR) is 127 cm³/mol. The molecule has 2 aliphatic heterocycles. The first kappa shape index (κ1) is 22.1. The van der Waals surface area contributed by atoms with Crippen molar-refractivity contribution in [3.05, 3.63) is 64.4 Å². The number of benzene rings is 2. The Bertz CT molecular complexity index is 1320. The number of rotatable bonds is 5. The van der Waals surface area contributed by atoms with Crippen LogP contribution < -0.4 is 14.1 Å². The number of fused-ring (bicyclic) bond motifs is 1. The third-order valence-electron chi connectivity index (χ3n) is 6.13. The second kappa shape index (κ2) is 8.27. The van der Waals surface area contributed by atoms with Gasteiger partial charge in [-0.2, -0.15) is 0 Å². The van der Waals surface area contributed by atoms with Crippen molar-refractivity contribution in [1.82, 2.24) is 4.98 Å². The van der Waals surface area contributed by atoms with Crippen molar-refractivity contribution in [2.75, 3.05) is 34.2 Å². The quantitative estimate of drug-likeness (QED) is 0.524. The van der Waals surface area contributed by atoms with Gasteiger partial charge in [0.15, 0.2) is 5.13 Å². The number of halogens is 2. The first-order valence-corrected chi connectivity index (χ1v) is 13.0. The molecule has 33 heavy (non-hydrogen) atoms. The highest BCUT2D eigenvalue weighted by Gasteiger charge is 2.40. The summed E-state index contributed by atoms with van der Waals surface area (Å²) in [5.41, 5.74) is 2.17. The molecule has 0 saturated carbocycles. The molecule has 5 rings (SSSR count). The number of anilines is 3. The summed E-state index contributed by atoms with van der Waals surface area (Å²) in [6, 6.07) is 8.94. The van der Waals surface area contributed by atoms with E-state index in [0.29, 0.717) is 36.8 Å². The molecule has 1 saturated heterocycles. The fourth-order valence-electron chi connectivity index (χ4n) is 4.41. The Morgan fingerprint density at radius 3 is 2.64 bits per heavy atom. The zero-order valence-electron chi connectivity index (χ0n) is 17.6. The van der Waals surface area contributed by atoms with Crippen LogP contribution in [0.4, 0.5) is 20.9 Å². The largest absolute Gasteiger partial charge is 0.359 e. The third kappa shape index (κ3) is 3.66. The highest BCUT2D eigenvalue weighted by molar-refractivity contribution is 7.93. The zero-order valence-corrected chi connectivity index (χ0v) is 20.0. The van der Waals surface area contributed by atoms with Crippen LogP contribution in [0.15, 0.2) is 52.9 Å². The molecule has 1 fully saturated rings. The van der Waals surface area contributed by atoms with Gasteiger partial charge in [-0.05, 0) is 54.8 Å². The van der Waals surface area contributed by atoms with Gasteiger partial charge in [-0.1, -0.05) is 11.6 Å². The summed E-state index contributed by atoms with van der Waals surface area (Å²) >= 11 is 7.36. The minimum Gasteiger partial charge on any atom is -0.359 e. The number of thiazole rings is 1. The van der Waals surface area contributed by atoms with Gasteiger partial charge in [0.1, 0.15) is 11.9 Å². The lowest BCUT2D eigenvalue weighted by Crippen LogP contribution is -2.41. The fourth-order valence-corrected chi connectivity index (χ4v) is 6.65. The van der Waals surface area contributed by atoms with Gasteiger partial charge < -0.3 is 9.80 Å². The Hall–Kier alpha value is -2.69. The van der Waals surface area contributed by atoms with Crippen LogP contribution >= 0.6 is 22.9 Å². The molecule has 0 aliphatic carbocycles. The molecule has 1 atom stereocenters. The minimum absolute atomic E-state index is 0.0705. The molecular weight excluding hydrogens is 487 g/mol. The Morgan fingerprint density at radius 1 is 1.18 bits per heavy atom. The van der Waals surface area contributed by atoms with E-state index in [2.05, 4.69) is 4.98 Å². The van der Waals surface area contributed by atoms with Crippen LogP contribution in [0.1, 0.15) is 12.0 Å². The van der Waals surface area contributed by atoms with Crippen molar-refractivity contribution < 1.29 is 17.6 Å². The lowest BCUT2D eigenvalue weighted by molar-refractivity contribution is -0.118. The summed E-state index contributed by atoms with van der Waals surface area (Å²) in [6.45, 7) is 1.11. The van der Waals surface area contributed by atoms with Crippen LogP contribution in [-0.2, 0) is 21.2 Å². The van der Waals surface area contributed by atoms with Gasteiger partial charge in [-0.3, -0.25) is 4.79 Å². The lowest BCUT2D eigenvalue weighted by atomic mass is 10.1. The van der Waals surface area contributed by atoms with E-state index >= 15 is 0 Å². The summed E-state index contributed by atoms with van der Waals surface area (Å²) in [6.07, 6.45) is 2.75. The molecule has 3 heterocycles. The normalized spacial score (nSPS) is 18.2. The van der Waals surface area contributed by atoms with Crippen LogP contribution in [0, 0.1) is 5.82 Å². The first-order valence-electron chi connectivity index (χ1n) is 10.3. The Labute approximate surface area is 200 Å². The second-order valence-electron chi connectivity index (χ2n) is 7.88. The molecule has 2 aliphatic rings. The van der Waals surface area contributed by atoms with Crippen LogP contribution in [0.5, 0.6) is 0 Å². The average Bonchev–Trinajstić information content (AvgIpc) is 3.56. The molecule has 11 heteroatoms. The number of sulfonamides is 1. The van der Waals surface area contributed by atoms with E-state index in [4.69, 9.17) is 11.6 Å². The molecule has 0 spiro atoms. The maximum Gasteiger partial charge on any atom is 0.265 e. The molecule has 0 radical (unpaired) electrons. The van der Waals surface area contributed by atoms with Crippen molar-refractivity contribution in [1.29, 1.82) is 0 Å². The number of amides is 1. The van der Waals surface area contributed by atoms with Crippen molar-refractivity contribution in [2.24, 2.45) is 0 Å². The van der Waals surface area contributed by atoms with E-state index in [1.165, 1.54) is 36.6 Å². The summed E-state index contributed by atoms with van der Waals surface area (Å²) in [5.74, 6) is -0.522. The summed E-state index contributed by atoms with van der Waals surface area (Å²) in [5, 5.41) is 2.21. The molecule has 0 unspecified atom stereocenters. The third-order valence-corrected chi connectivity index (χ3v) is 9.27.